The molecule has 0 aliphatic carbocycles. The largest absolute Gasteiger partial charge is 0.349 e. The zero-order valence-electron chi connectivity index (χ0n) is 13.6. The van der Waals surface area contributed by atoms with Gasteiger partial charge in [0.25, 0.3) is 0 Å². The summed E-state index contributed by atoms with van der Waals surface area (Å²) in [6.45, 7) is 4.30. The van der Waals surface area contributed by atoms with Crippen LogP contribution in [-0.2, 0) is 4.79 Å². The molecule has 1 saturated heterocycles. The molecule has 1 aromatic carbocycles. The molecule has 1 amide bonds. The second kappa shape index (κ2) is 7.67. The summed E-state index contributed by atoms with van der Waals surface area (Å²) in [5.74, 6) is 1.88. The molecule has 3 rings (SSSR count). The van der Waals surface area contributed by atoms with Gasteiger partial charge in [-0.05, 0) is 68.0 Å². The van der Waals surface area contributed by atoms with E-state index >= 15 is 0 Å². The molecule has 0 radical (unpaired) electrons. The minimum Gasteiger partial charge on any atom is -0.349 e. The van der Waals surface area contributed by atoms with Crippen LogP contribution in [0.4, 0.5) is 4.39 Å². The molecule has 0 spiro atoms. The minimum atomic E-state index is -0.228. The van der Waals surface area contributed by atoms with Crippen LogP contribution in [0.5, 0.6) is 0 Å². The van der Waals surface area contributed by atoms with Crippen molar-refractivity contribution in [2.75, 3.05) is 18.8 Å². The zero-order valence-corrected chi connectivity index (χ0v) is 14.4. The number of fused-ring (bicyclic) bond motifs is 1. The lowest BCUT2D eigenvalue weighted by molar-refractivity contribution is -0.123. The van der Waals surface area contributed by atoms with E-state index in [-0.39, 0.29) is 17.8 Å². The number of carbonyl (C=O) groups excluding carboxylic acids is 1. The number of hydrogen-bond donors (Lipinski definition) is 2. The maximum atomic E-state index is 13.5. The Morgan fingerprint density at radius 3 is 2.96 bits per heavy atom. The van der Waals surface area contributed by atoms with E-state index in [1.807, 2.05) is 6.07 Å². The third kappa shape index (κ3) is 4.27. The number of hydrogen-bond acceptors (Lipinski definition) is 3. The number of amides is 1. The number of carbonyl (C=O) groups is 1. The molecule has 0 bridgehead atoms. The Kier molecular flexibility index (Phi) is 5.59. The summed E-state index contributed by atoms with van der Waals surface area (Å²) in [6, 6.07) is 4.85. The predicted molar refractivity (Wildman–Crippen MR) is 92.0 cm³/mol. The summed E-state index contributed by atoms with van der Waals surface area (Å²) >= 11 is 1.74. The number of thioether (sulfide) groups is 1. The van der Waals surface area contributed by atoms with Crippen LogP contribution in [0.2, 0.25) is 0 Å². The Hall–Kier alpha value is -1.07. The Labute approximate surface area is 141 Å². The first-order valence-electron chi connectivity index (χ1n) is 8.56. The Bertz CT molecular complexity index is 560. The molecule has 0 aromatic heterocycles. The molecule has 2 unspecified atom stereocenters. The standard InChI is InChI=1S/C18H25FN2OS/c1-12(13-4-7-20-8-5-13)10-18(22)21-16-6-9-23-17-3-2-14(19)11-15(16)17/h2-3,11-13,16,20H,4-10H2,1H3,(H,21,22). The molecule has 2 aliphatic rings. The van der Waals surface area contributed by atoms with Gasteiger partial charge in [-0.2, -0.15) is 0 Å². The van der Waals surface area contributed by atoms with Gasteiger partial charge in [0, 0.05) is 17.1 Å². The highest BCUT2D eigenvalue weighted by molar-refractivity contribution is 7.99. The van der Waals surface area contributed by atoms with E-state index in [2.05, 4.69) is 17.6 Å². The van der Waals surface area contributed by atoms with Gasteiger partial charge in [-0.25, -0.2) is 4.39 Å². The highest BCUT2D eigenvalue weighted by Crippen LogP contribution is 2.36. The normalized spacial score (nSPS) is 23.1. The van der Waals surface area contributed by atoms with Gasteiger partial charge in [0.15, 0.2) is 0 Å². The van der Waals surface area contributed by atoms with E-state index in [1.165, 1.54) is 6.07 Å². The quantitative estimate of drug-likeness (QED) is 0.884. The van der Waals surface area contributed by atoms with E-state index in [9.17, 15) is 9.18 Å². The highest BCUT2D eigenvalue weighted by atomic mass is 32.2. The maximum absolute atomic E-state index is 13.5. The smallest absolute Gasteiger partial charge is 0.220 e. The minimum absolute atomic E-state index is 0.0466. The van der Waals surface area contributed by atoms with Gasteiger partial charge in [-0.15, -0.1) is 11.8 Å². The van der Waals surface area contributed by atoms with E-state index in [4.69, 9.17) is 0 Å². The number of piperidine rings is 1. The van der Waals surface area contributed by atoms with Gasteiger partial charge in [-0.1, -0.05) is 6.92 Å². The third-order valence-corrected chi connectivity index (χ3v) is 6.17. The Morgan fingerprint density at radius 2 is 2.17 bits per heavy atom. The average Bonchev–Trinajstić information content (AvgIpc) is 2.56. The summed E-state index contributed by atoms with van der Waals surface area (Å²) in [5, 5.41) is 6.50. The number of rotatable bonds is 4. The van der Waals surface area contributed by atoms with Crippen molar-refractivity contribution >= 4 is 17.7 Å². The van der Waals surface area contributed by atoms with Crippen LogP contribution in [0.25, 0.3) is 0 Å². The first-order valence-corrected chi connectivity index (χ1v) is 9.54. The van der Waals surface area contributed by atoms with Gasteiger partial charge in [0.1, 0.15) is 5.82 Å². The van der Waals surface area contributed by atoms with Crippen LogP contribution in [0.15, 0.2) is 23.1 Å². The summed E-state index contributed by atoms with van der Waals surface area (Å²) < 4.78 is 13.5. The van der Waals surface area contributed by atoms with Crippen LogP contribution >= 0.6 is 11.8 Å². The molecule has 2 heterocycles. The van der Waals surface area contributed by atoms with Crippen LogP contribution in [-0.4, -0.2) is 24.7 Å². The SMILES string of the molecule is CC(CC(=O)NC1CCSc2ccc(F)cc21)C1CCNCC1. The third-order valence-electron chi connectivity index (χ3n) is 5.04. The van der Waals surface area contributed by atoms with E-state index in [0.29, 0.717) is 18.3 Å². The fourth-order valence-corrected chi connectivity index (χ4v) is 4.75. The molecule has 126 valence electrons. The molecule has 2 atom stereocenters. The van der Waals surface area contributed by atoms with Crippen molar-refractivity contribution in [2.45, 2.75) is 43.5 Å². The summed E-state index contributed by atoms with van der Waals surface area (Å²) in [4.78, 5) is 13.5. The average molecular weight is 336 g/mol. The molecule has 2 aliphatic heterocycles. The summed E-state index contributed by atoms with van der Waals surface area (Å²) in [5.41, 5.74) is 0.934. The van der Waals surface area contributed by atoms with Crippen molar-refractivity contribution in [3.05, 3.63) is 29.6 Å². The van der Waals surface area contributed by atoms with E-state index < -0.39 is 0 Å². The molecular formula is C18H25FN2OS. The molecule has 5 heteroatoms. The van der Waals surface area contributed by atoms with Crippen molar-refractivity contribution in [2.24, 2.45) is 11.8 Å². The monoisotopic (exact) mass is 336 g/mol. The predicted octanol–water partition coefficient (Wildman–Crippen LogP) is 3.50. The van der Waals surface area contributed by atoms with Gasteiger partial charge < -0.3 is 10.6 Å². The molecule has 0 saturated carbocycles. The zero-order chi connectivity index (χ0) is 16.2. The van der Waals surface area contributed by atoms with Crippen molar-refractivity contribution in [3.63, 3.8) is 0 Å². The lowest BCUT2D eigenvalue weighted by Gasteiger charge is -2.29. The molecule has 23 heavy (non-hydrogen) atoms. The van der Waals surface area contributed by atoms with Crippen molar-refractivity contribution in [1.82, 2.24) is 10.6 Å². The first kappa shape index (κ1) is 16.8. The van der Waals surface area contributed by atoms with Gasteiger partial charge in [-0.3, -0.25) is 4.79 Å². The van der Waals surface area contributed by atoms with Crippen molar-refractivity contribution in [1.29, 1.82) is 0 Å². The molecule has 2 N–H and O–H groups in total. The van der Waals surface area contributed by atoms with Gasteiger partial charge >= 0.3 is 0 Å². The summed E-state index contributed by atoms with van der Waals surface area (Å²) in [6.07, 6.45) is 3.75. The number of halogens is 1. The number of nitrogens with one attached hydrogen (secondary N) is 2. The fourth-order valence-electron chi connectivity index (χ4n) is 3.64. The summed E-state index contributed by atoms with van der Waals surface area (Å²) in [7, 11) is 0. The topological polar surface area (TPSA) is 41.1 Å². The number of benzene rings is 1. The lowest BCUT2D eigenvalue weighted by atomic mass is 9.84. The maximum Gasteiger partial charge on any atom is 0.220 e. The fraction of sp³-hybridized carbons (Fsp3) is 0.611. The Balaban J connectivity index is 1.59. The van der Waals surface area contributed by atoms with E-state index in [1.54, 1.807) is 17.8 Å². The van der Waals surface area contributed by atoms with Crippen LogP contribution in [0.1, 0.15) is 44.2 Å². The highest BCUT2D eigenvalue weighted by Gasteiger charge is 2.26. The first-order chi connectivity index (χ1) is 11.1. The molecule has 3 nitrogen and oxygen atoms in total. The van der Waals surface area contributed by atoms with Crippen molar-refractivity contribution < 1.29 is 9.18 Å². The van der Waals surface area contributed by atoms with Crippen LogP contribution < -0.4 is 10.6 Å². The van der Waals surface area contributed by atoms with Crippen LogP contribution in [0.3, 0.4) is 0 Å². The van der Waals surface area contributed by atoms with Crippen LogP contribution in [0, 0.1) is 17.7 Å². The molecular weight excluding hydrogens is 311 g/mol. The van der Waals surface area contributed by atoms with E-state index in [0.717, 1.165) is 48.6 Å². The molecule has 1 aromatic rings. The van der Waals surface area contributed by atoms with Crippen molar-refractivity contribution in [3.8, 4) is 0 Å². The molecule has 1 fully saturated rings. The second-order valence-corrected chi connectivity index (χ2v) is 7.84. The van der Waals surface area contributed by atoms with Gasteiger partial charge in [0.05, 0.1) is 6.04 Å². The lowest BCUT2D eigenvalue weighted by Crippen LogP contribution is -2.35. The second-order valence-electron chi connectivity index (χ2n) is 6.71. The van der Waals surface area contributed by atoms with Gasteiger partial charge in [0.2, 0.25) is 5.91 Å². The Morgan fingerprint density at radius 1 is 1.39 bits per heavy atom.